The highest BCUT2D eigenvalue weighted by Crippen LogP contribution is 2.18. The van der Waals surface area contributed by atoms with Gasteiger partial charge in [-0.1, -0.05) is 28.9 Å². The Morgan fingerprint density at radius 1 is 1.29 bits per heavy atom. The van der Waals surface area contributed by atoms with E-state index in [1.807, 2.05) is 25.1 Å². The minimum Gasteiger partial charge on any atom is -0.481 e. The van der Waals surface area contributed by atoms with Gasteiger partial charge in [-0.15, -0.1) is 0 Å². The summed E-state index contributed by atoms with van der Waals surface area (Å²) in [5.41, 5.74) is 0.690. The van der Waals surface area contributed by atoms with E-state index in [4.69, 9.17) is 4.74 Å². The summed E-state index contributed by atoms with van der Waals surface area (Å²) in [7, 11) is 0. The lowest BCUT2D eigenvalue weighted by atomic mass is 10.2. The van der Waals surface area contributed by atoms with Gasteiger partial charge >= 0.3 is 0 Å². The Morgan fingerprint density at radius 3 is 2.62 bits per heavy atom. The second-order valence-corrected chi connectivity index (χ2v) is 5.38. The van der Waals surface area contributed by atoms with E-state index in [9.17, 15) is 9.18 Å². The van der Waals surface area contributed by atoms with Gasteiger partial charge in [0.1, 0.15) is 11.6 Å². The van der Waals surface area contributed by atoms with Gasteiger partial charge in [0, 0.05) is 10.2 Å². The van der Waals surface area contributed by atoms with Gasteiger partial charge in [-0.2, -0.15) is 0 Å². The molecule has 2 rings (SSSR count). The molecule has 0 saturated carbocycles. The van der Waals surface area contributed by atoms with Gasteiger partial charge in [0.15, 0.2) is 6.10 Å². The van der Waals surface area contributed by atoms with Crippen LogP contribution in [0.25, 0.3) is 0 Å². The van der Waals surface area contributed by atoms with Crippen molar-refractivity contribution < 1.29 is 13.9 Å². The van der Waals surface area contributed by atoms with E-state index in [2.05, 4.69) is 21.2 Å². The molecule has 2 aromatic rings. The fraction of sp³-hybridized carbons (Fsp3) is 0.188. The largest absolute Gasteiger partial charge is 0.481 e. The maximum absolute atomic E-state index is 12.9. The van der Waals surface area contributed by atoms with Gasteiger partial charge in [0.2, 0.25) is 0 Å². The van der Waals surface area contributed by atoms with Gasteiger partial charge in [-0.05, 0) is 48.9 Å². The van der Waals surface area contributed by atoms with Crippen molar-refractivity contribution in [3.05, 3.63) is 58.8 Å². The SMILES string of the molecule is CC[C@@H](Oc1ccc(F)cc1)C(=O)Nc1cccc(Br)c1. The Balaban J connectivity index is 2.03. The van der Waals surface area contributed by atoms with Crippen LogP contribution in [0.3, 0.4) is 0 Å². The van der Waals surface area contributed by atoms with Crippen LogP contribution in [-0.2, 0) is 4.79 Å². The molecular weight excluding hydrogens is 337 g/mol. The molecule has 1 atom stereocenters. The van der Waals surface area contributed by atoms with Gasteiger partial charge in [0.05, 0.1) is 0 Å². The lowest BCUT2D eigenvalue weighted by molar-refractivity contribution is -0.122. The van der Waals surface area contributed by atoms with E-state index in [0.717, 1.165) is 4.47 Å². The van der Waals surface area contributed by atoms with E-state index in [-0.39, 0.29) is 11.7 Å². The first-order valence-electron chi connectivity index (χ1n) is 6.57. The molecule has 21 heavy (non-hydrogen) atoms. The molecule has 3 nitrogen and oxygen atoms in total. The quantitative estimate of drug-likeness (QED) is 0.867. The lowest BCUT2D eigenvalue weighted by Crippen LogP contribution is -2.32. The second-order valence-electron chi connectivity index (χ2n) is 4.47. The molecule has 0 aliphatic rings. The van der Waals surface area contributed by atoms with Crippen LogP contribution >= 0.6 is 15.9 Å². The number of ether oxygens (including phenoxy) is 1. The van der Waals surface area contributed by atoms with Crippen molar-refractivity contribution in [2.24, 2.45) is 0 Å². The lowest BCUT2D eigenvalue weighted by Gasteiger charge is -2.17. The molecule has 0 bridgehead atoms. The third-order valence-corrected chi connectivity index (χ3v) is 3.34. The summed E-state index contributed by atoms with van der Waals surface area (Å²) in [6, 6.07) is 12.9. The molecule has 2 aromatic carbocycles. The number of amides is 1. The molecule has 1 N–H and O–H groups in total. The smallest absolute Gasteiger partial charge is 0.265 e. The van der Waals surface area contributed by atoms with E-state index in [1.54, 1.807) is 6.07 Å². The standard InChI is InChI=1S/C16H15BrFNO2/c1-2-15(21-14-8-6-12(18)7-9-14)16(20)19-13-5-3-4-11(17)10-13/h3-10,15H,2H2,1H3,(H,19,20)/t15-/m1/s1. The summed E-state index contributed by atoms with van der Waals surface area (Å²) in [4.78, 5) is 12.2. The van der Waals surface area contributed by atoms with Crippen LogP contribution < -0.4 is 10.1 Å². The van der Waals surface area contributed by atoms with E-state index in [0.29, 0.717) is 17.9 Å². The fourth-order valence-electron chi connectivity index (χ4n) is 1.79. The molecule has 110 valence electrons. The summed E-state index contributed by atoms with van der Waals surface area (Å²) < 4.78 is 19.3. The molecule has 0 saturated heterocycles. The van der Waals surface area contributed by atoms with Crippen molar-refractivity contribution in [2.75, 3.05) is 5.32 Å². The Morgan fingerprint density at radius 2 is 2.00 bits per heavy atom. The first kappa shape index (κ1) is 15.5. The van der Waals surface area contributed by atoms with Gasteiger partial charge in [-0.25, -0.2) is 4.39 Å². The van der Waals surface area contributed by atoms with Crippen molar-refractivity contribution in [1.82, 2.24) is 0 Å². The van der Waals surface area contributed by atoms with Crippen LogP contribution in [0, 0.1) is 5.82 Å². The van der Waals surface area contributed by atoms with Gasteiger partial charge < -0.3 is 10.1 Å². The summed E-state index contributed by atoms with van der Waals surface area (Å²) in [6.45, 7) is 1.86. The molecule has 1 amide bonds. The molecule has 5 heteroatoms. The normalized spacial score (nSPS) is 11.8. The first-order chi connectivity index (χ1) is 10.1. The average Bonchev–Trinajstić information content (AvgIpc) is 2.46. The number of halogens is 2. The molecular formula is C16H15BrFNO2. The number of carbonyl (C=O) groups excluding carboxylic acids is 1. The highest BCUT2D eigenvalue weighted by molar-refractivity contribution is 9.10. The first-order valence-corrected chi connectivity index (χ1v) is 7.36. The van der Waals surface area contributed by atoms with Crippen LogP contribution in [-0.4, -0.2) is 12.0 Å². The second kappa shape index (κ2) is 7.22. The number of hydrogen-bond donors (Lipinski definition) is 1. The zero-order chi connectivity index (χ0) is 15.2. The maximum atomic E-state index is 12.9. The summed E-state index contributed by atoms with van der Waals surface area (Å²) >= 11 is 3.35. The number of nitrogens with one attached hydrogen (secondary N) is 1. The van der Waals surface area contributed by atoms with Gasteiger partial charge in [-0.3, -0.25) is 4.79 Å². The Labute approximate surface area is 131 Å². The van der Waals surface area contributed by atoms with Crippen molar-refractivity contribution >= 4 is 27.5 Å². The fourth-order valence-corrected chi connectivity index (χ4v) is 2.19. The number of anilines is 1. The summed E-state index contributed by atoms with van der Waals surface area (Å²) in [6.07, 6.45) is -0.119. The van der Waals surface area contributed by atoms with E-state index >= 15 is 0 Å². The highest BCUT2D eigenvalue weighted by Gasteiger charge is 2.18. The molecule has 0 aliphatic heterocycles. The van der Waals surface area contributed by atoms with Crippen molar-refractivity contribution in [1.29, 1.82) is 0 Å². The molecule has 0 fully saturated rings. The number of hydrogen-bond acceptors (Lipinski definition) is 2. The Bertz CT molecular complexity index is 616. The number of carbonyl (C=O) groups is 1. The van der Waals surface area contributed by atoms with Gasteiger partial charge in [0.25, 0.3) is 5.91 Å². The zero-order valence-electron chi connectivity index (χ0n) is 11.5. The monoisotopic (exact) mass is 351 g/mol. The predicted octanol–water partition coefficient (Wildman–Crippen LogP) is 4.38. The van der Waals surface area contributed by atoms with Crippen molar-refractivity contribution in [3.63, 3.8) is 0 Å². The third kappa shape index (κ3) is 4.56. The Hall–Kier alpha value is -1.88. The maximum Gasteiger partial charge on any atom is 0.265 e. The summed E-state index contributed by atoms with van der Waals surface area (Å²) in [5, 5.41) is 2.80. The van der Waals surface area contributed by atoms with Crippen molar-refractivity contribution in [3.8, 4) is 5.75 Å². The number of benzene rings is 2. The predicted molar refractivity (Wildman–Crippen MR) is 83.9 cm³/mol. The van der Waals surface area contributed by atoms with Crippen LogP contribution in [0.1, 0.15) is 13.3 Å². The van der Waals surface area contributed by atoms with E-state index in [1.165, 1.54) is 24.3 Å². The molecule has 0 aliphatic carbocycles. The van der Waals surface area contributed by atoms with Crippen LogP contribution in [0.15, 0.2) is 53.0 Å². The third-order valence-electron chi connectivity index (χ3n) is 2.85. The molecule has 0 aromatic heterocycles. The zero-order valence-corrected chi connectivity index (χ0v) is 13.1. The highest BCUT2D eigenvalue weighted by atomic mass is 79.9. The van der Waals surface area contributed by atoms with Crippen LogP contribution in [0.2, 0.25) is 0 Å². The Kier molecular flexibility index (Phi) is 5.33. The minimum atomic E-state index is -0.630. The average molecular weight is 352 g/mol. The van der Waals surface area contributed by atoms with E-state index < -0.39 is 6.10 Å². The minimum absolute atomic E-state index is 0.236. The molecule has 0 spiro atoms. The molecule has 0 radical (unpaired) electrons. The van der Waals surface area contributed by atoms with Crippen LogP contribution in [0.5, 0.6) is 5.75 Å². The summed E-state index contributed by atoms with van der Waals surface area (Å²) in [5.74, 6) is -0.110. The topological polar surface area (TPSA) is 38.3 Å². The molecule has 0 unspecified atom stereocenters. The number of rotatable bonds is 5. The van der Waals surface area contributed by atoms with Crippen LogP contribution in [0.4, 0.5) is 10.1 Å². The van der Waals surface area contributed by atoms with Crippen molar-refractivity contribution in [2.45, 2.75) is 19.4 Å². The molecule has 0 heterocycles.